The van der Waals surface area contributed by atoms with E-state index in [2.05, 4.69) is 4.90 Å². The van der Waals surface area contributed by atoms with Crippen LogP contribution in [0.25, 0.3) is 0 Å². The van der Waals surface area contributed by atoms with Gasteiger partial charge in [0.25, 0.3) is 0 Å². The van der Waals surface area contributed by atoms with Gasteiger partial charge in [0.15, 0.2) is 0 Å². The Morgan fingerprint density at radius 1 is 0.696 bits per heavy atom. The first kappa shape index (κ1) is 16.7. The molecule has 0 radical (unpaired) electrons. The van der Waals surface area contributed by atoms with Crippen LogP contribution in [0, 0.1) is 5.92 Å². The molecule has 5 heteroatoms. The van der Waals surface area contributed by atoms with Gasteiger partial charge in [-0.25, -0.2) is 0 Å². The first-order valence-corrected chi connectivity index (χ1v) is 9.53. The number of carbonyl (C=O) groups excluding carboxylic acids is 2. The lowest BCUT2D eigenvalue weighted by Crippen LogP contribution is -2.52. The van der Waals surface area contributed by atoms with E-state index >= 15 is 0 Å². The number of carbonyl (C=O) groups is 2. The van der Waals surface area contributed by atoms with Crippen LogP contribution >= 0.6 is 0 Å². The fraction of sp³-hybridized carbons (Fsp3) is 0.889. The molecule has 0 unspecified atom stereocenters. The lowest BCUT2D eigenvalue weighted by Gasteiger charge is -2.36. The number of rotatable bonds is 3. The molecule has 3 fully saturated rings. The van der Waals surface area contributed by atoms with E-state index in [1.54, 1.807) is 0 Å². The van der Waals surface area contributed by atoms with E-state index in [1.807, 2.05) is 9.80 Å². The second-order valence-corrected chi connectivity index (χ2v) is 7.38. The third-order valence-corrected chi connectivity index (χ3v) is 5.71. The van der Waals surface area contributed by atoms with Crippen molar-refractivity contribution in [3.05, 3.63) is 0 Å². The van der Waals surface area contributed by atoms with E-state index in [-0.39, 0.29) is 11.8 Å². The van der Waals surface area contributed by atoms with E-state index in [0.29, 0.717) is 12.5 Å². The molecule has 3 aliphatic rings. The first-order valence-electron chi connectivity index (χ1n) is 9.53. The minimum Gasteiger partial charge on any atom is -0.342 e. The minimum absolute atomic E-state index is 0.278. The zero-order valence-electron chi connectivity index (χ0n) is 14.3. The largest absolute Gasteiger partial charge is 0.342 e. The van der Waals surface area contributed by atoms with Gasteiger partial charge >= 0.3 is 0 Å². The third kappa shape index (κ3) is 4.46. The van der Waals surface area contributed by atoms with Gasteiger partial charge in [0.1, 0.15) is 0 Å². The summed E-state index contributed by atoms with van der Waals surface area (Å²) in [6.07, 6.45) is 9.38. The Balaban J connectivity index is 1.41. The lowest BCUT2D eigenvalue weighted by molar-refractivity contribution is -0.138. The van der Waals surface area contributed by atoms with Crippen LogP contribution in [0.2, 0.25) is 0 Å². The average molecular weight is 321 g/mol. The van der Waals surface area contributed by atoms with E-state index in [9.17, 15) is 9.59 Å². The Hall–Kier alpha value is -1.10. The van der Waals surface area contributed by atoms with Crippen molar-refractivity contribution in [2.45, 2.75) is 51.4 Å². The fourth-order valence-electron chi connectivity index (χ4n) is 4.17. The SMILES string of the molecule is O=C(CN1CCN(C(=O)C2CCCC2)CC1)N1CCCCCC1. The summed E-state index contributed by atoms with van der Waals surface area (Å²) >= 11 is 0. The summed E-state index contributed by atoms with van der Waals surface area (Å²) < 4.78 is 0. The molecule has 0 spiro atoms. The number of nitrogens with zero attached hydrogens (tertiary/aromatic N) is 3. The van der Waals surface area contributed by atoms with Crippen molar-refractivity contribution in [2.75, 3.05) is 45.8 Å². The highest BCUT2D eigenvalue weighted by molar-refractivity contribution is 5.79. The number of hydrogen-bond donors (Lipinski definition) is 0. The number of piperazine rings is 1. The zero-order valence-corrected chi connectivity index (χ0v) is 14.3. The van der Waals surface area contributed by atoms with Crippen molar-refractivity contribution in [1.29, 1.82) is 0 Å². The van der Waals surface area contributed by atoms with Crippen molar-refractivity contribution < 1.29 is 9.59 Å². The summed E-state index contributed by atoms with van der Waals surface area (Å²) in [5, 5.41) is 0. The van der Waals surface area contributed by atoms with Gasteiger partial charge in [0.2, 0.25) is 11.8 Å². The van der Waals surface area contributed by atoms with Gasteiger partial charge in [0.05, 0.1) is 6.54 Å². The summed E-state index contributed by atoms with van der Waals surface area (Å²) in [6.45, 7) is 5.67. The van der Waals surface area contributed by atoms with Crippen LogP contribution in [-0.2, 0) is 9.59 Å². The minimum atomic E-state index is 0.278. The van der Waals surface area contributed by atoms with E-state index in [1.165, 1.54) is 25.7 Å². The predicted octanol–water partition coefficient (Wildman–Crippen LogP) is 1.72. The van der Waals surface area contributed by atoms with Crippen molar-refractivity contribution in [3.63, 3.8) is 0 Å². The Bertz CT molecular complexity index is 404. The van der Waals surface area contributed by atoms with Crippen LogP contribution in [-0.4, -0.2) is 72.3 Å². The molecule has 2 aliphatic heterocycles. The van der Waals surface area contributed by atoms with Gasteiger partial charge in [-0.1, -0.05) is 25.7 Å². The van der Waals surface area contributed by atoms with Crippen LogP contribution in [0.15, 0.2) is 0 Å². The Morgan fingerprint density at radius 2 is 1.30 bits per heavy atom. The molecule has 0 aromatic rings. The normalized spacial score (nSPS) is 24.7. The van der Waals surface area contributed by atoms with Gasteiger partial charge < -0.3 is 9.80 Å². The maximum Gasteiger partial charge on any atom is 0.236 e. The predicted molar refractivity (Wildman–Crippen MR) is 90.0 cm³/mol. The molecule has 2 saturated heterocycles. The second-order valence-electron chi connectivity index (χ2n) is 7.38. The van der Waals surface area contributed by atoms with Crippen molar-refractivity contribution in [1.82, 2.24) is 14.7 Å². The maximum atomic E-state index is 12.4. The highest BCUT2D eigenvalue weighted by atomic mass is 16.2. The van der Waals surface area contributed by atoms with E-state index < -0.39 is 0 Å². The number of likely N-dealkylation sites (tertiary alicyclic amines) is 1. The molecular weight excluding hydrogens is 290 g/mol. The lowest BCUT2D eigenvalue weighted by atomic mass is 10.1. The molecule has 0 aromatic heterocycles. The smallest absolute Gasteiger partial charge is 0.236 e. The molecule has 0 bridgehead atoms. The van der Waals surface area contributed by atoms with Gasteiger partial charge in [-0.05, 0) is 25.7 Å². The third-order valence-electron chi connectivity index (χ3n) is 5.71. The fourth-order valence-corrected chi connectivity index (χ4v) is 4.17. The number of amides is 2. The molecule has 1 saturated carbocycles. The van der Waals surface area contributed by atoms with E-state index in [0.717, 1.165) is 65.0 Å². The molecule has 1 aliphatic carbocycles. The van der Waals surface area contributed by atoms with Gasteiger partial charge in [-0.2, -0.15) is 0 Å². The second kappa shape index (κ2) is 8.13. The summed E-state index contributed by atoms with van der Waals surface area (Å²) in [6, 6.07) is 0. The molecule has 130 valence electrons. The summed E-state index contributed by atoms with van der Waals surface area (Å²) in [7, 11) is 0. The highest BCUT2D eigenvalue weighted by Crippen LogP contribution is 2.26. The monoisotopic (exact) mass is 321 g/mol. The summed E-state index contributed by atoms with van der Waals surface area (Å²) in [5.74, 6) is 0.920. The maximum absolute atomic E-state index is 12.4. The Labute approximate surface area is 140 Å². The molecular formula is C18H31N3O2. The van der Waals surface area contributed by atoms with Crippen LogP contribution in [0.5, 0.6) is 0 Å². The quantitative estimate of drug-likeness (QED) is 0.795. The number of hydrogen-bond acceptors (Lipinski definition) is 3. The van der Waals surface area contributed by atoms with Gasteiger partial charge in [0, 0.05) is 45.2 Å². The molecule has 23 heavy (non-hydrogen) atoms. The molecule has 0 atom stereocenters. The summed E-state index contributed by atoms with van der Waals surface area (Å²) in [4.78, 5) is 31.2. The molecule has 2 heterocycles. The van der Waals surface area contributed by atoms with E-state index in [4.69, 9.17) is 0 Å². The Kier molecular flexibility index (Phi) is 5.92. The topological polar surface area (TPSA) is 43.9 Å². The zero-order chi connectivity index (χ0) is 16.1. The van der Waals surface area contributed by atoms with Crippen molar-refractivity contribution in [2.24, 2.45) is 5.92 Å². The summed E-state index contributed by atoms with van der Waals surface area (Å²) in [5.41, 5.74) is 0. The highest BCUT2D eigenvalue weighted by Gasteiger charge is 2.30. The molecule has 2 amide bonds. The van der Waals surface area contributed by atoms with Crippen LogP contribution < -0.4 is 0 Å². The van der Waals surface area contributed by atoms with Gasteiger partial charge in [-0.15, -0.1) is 0 Å². The first-order chi connectivity index (χ1) is 11.2. The molecule has 0 aromatic carbocycles. The van der Waals surface area contributed by atoms with Crippen molar-refractivity contribution in [3.8, 4) is 0 Å². The van der Waals surface area contributed by atoms with Crippen LogP contribution in [0.3, 0.4) is 0 Å². The van der Waals surface area contributed by atoms with Crippen LogP contribution in [0.4, 0.5) is 0 Å². The Morgan fingerprint density at radius 3 is 1.91 bits per heavy atom. The average Bonchev–Trinajstić information content (AvgIpc) is 2.97. The molecule has 5 nitrogen and oxygen atoms in total. The van der Waals surface area contributed by atoms with Crippen molar-refractivity contribution >= 4 is 11.8 Å². The standard InChI is InChI=1S/C18H31N3O2/c22-17(20-9-5-1-2-6-10-20)15-19-11-13-21(14-12-19)18(23)16-7-3-4-8-16/h16H,1-15H2. The van der Waals surface area contributed by atoms with Crippen LogP contribution in [0.1, 0.15) is 51.4 Å². The molecule has 3 rings (SSSR count). The van der Waals surface area contributed by atoms with Gasteiger partial charge in [-0.3, -0.25) is 14.5 Å². The molecule has 0 N–H and O–H groups in total.